The number of ether oxygens (including phenoxy) is 2. The molecule has 1 fully saturated rings. The van der Waals surface area contributed by atoms with Crippen LogP contribution in [0.25, 0.3) is 0 Å². The molecule has 118 valence electrons. The van der Waals surface area contributed by atoms with Gasteiger partial charge in [0.25, 0.3) is 0 Å². The van der Waals surface area contributed by atoms with Gasteiger partial charge in [0.1, 0.15) is 0 Å². The summed E-state index contributed by atoms with van der Waals surface area (Å²) < 4.78 is 9.57. The number of carbonyl (C=O) groups excluding carboxylic acids is 3. The van der Waals surface area contributed by atoms with Crippen LogP contribution >= 0.6 is 0 Å². The van der Waals surface area contributed by atoms with Gasteiger partial charge in [0, 0.05) is 11.5 Å². The Morgan fingerprint density at radius 3 is 1.73 bits per heavy atom. The fourth-order valence-electron chi connectivity index (χ4n) is 3.09. The second kappa shape index (κ2) is 7.20. The molecule has 0 N–H and O–H groups in total. The summed E-state index contributed by atoms with van der Waals surface area (Å²) in [5, 5.41) is 0. The quantitative estimate of drug-likeness (QED) is 0.630. The third-order valence-electron chi connectivity index (χ3n) is 4.21. The van der Waals surface area contributed by atoms with Crippen LogP contribution in [0.3, 0.4) is 0 Å². The Morgan fingerprint density at radius 1 is 0.818 bits per heavy atom. The van der Waals surface area contributed by atoms with Gasteiger partial charge in [0.2, 0.25) is 0 Å². The van der Waals surface area contributed by atoms with E-state index in [1.54, 1.807) is 24.3 Å². The summed E-state index contributed by atoms with van der Waals surface area (Å²) in [4.78, 5) is 36.3. The maximum atomic E-state index is 12.6. The summed E-state index contributed by atoms with van der Waals surface area (Å²) in [7, 11) is 2.64. The Balaban J connectivity index is 2.20. The minimum Gasteiger partial charge on any atom is -0.469 e. The molecule has 5 heteroatoms. The number of esters is 2. The zero-order valence-electron chi connectivity index (χ0n) is 12.8. The van der Waals surface area contributed by atoms with Crippen LogP contribution in [0.1, 0.15) is 29.6 Å². The average molecular weight is 304 g/mol. The Hall–Kier alpha value is -2.17. The maximum Gasteiger partial charge on any atom is 0.308 e. The fourth-order valence-corrected chi connectivity index (χ4v) is 3.09. The van der Waals surface area contributed by atoms with E-state index < -0.39 is 11.8 Å². The smallest absolute Gasteiger partial charge is 0.308 e. The first-order valence-electron chi connectivity index (χ1n) is 7.31. The van der Waals surface area contributed by atoms with E-state index >= 15 is 0 Å². The lowest BCUT2D eigenvalue weighted by Crippen LogP contribution is -2.36. The lowest BCUT2D eigenvalue weighted by Gasteiger charge is -2.31. The van der Waals surface area contributed by atoms with Crippen LogP contribution in [0.4, 0.5) is 0 Å². The zero-order chi connectivity index (χ0) is 16.1. The molecule has 0 radical (unpaired) electrons. The van der Waals surface area contributed by atoms with Crippen molar-refractivity contribution in [3.05, 3.63) is 35.9 Å². The van der Waals surface area contributed by atoms with Gasteiger partial charge in [-0.3, -0.25) is 14.4 Å². The van der Waals surface area contributed by atoms with E-state index in [0.717, 1.165) is 0 Å². The topological polar surface area (TPSA) is 69.7 Å². The molecule has 1 aromatic carbocycles. The van der Waals surface area contributed by atoms with Crippen molar-refractivity contribution in [3.8, 4) is 0 Å². The summed E-state index contributed by atoms with van der Waals surface area (Å²) in [6, 6.07) is 8.93. The highest BCUT2D eigenvalue weighted by atomic mass is 16.5. The van der Waals surface area contributed by atoms with Crippen molar-refractivity contribution in [2.75, 3.05) is 14.2 Å². The second-order valence-corrected chi connectivity index (χ2v) is 5.57. The van der Waals surface area contributed by atoms with Crippen LogP contribution in [0.5, 0.6) is 0 Å². The third-order valence-corrected chi connectivity index (χ3v) is 4.21. The van der Waals surface area contributed by atoms with Gasteiger partial charge >= 0.3 is 11.9 Å². The summed E-state index contributed by atoms with van der Waals surface area (Å²) in [5.41, 5.74) is 0.599. The standard InChI is InChI=1S/C17H20O5/c1-21-16(19)13-8-12(9-14(10-13)17(20)22-2)15(18)11-6-4-3-5-7-11/h3-7,12-14H,8-10H2,1-2H3/t12?,13-,14+. The van der Waals surface area contributed by atoms with Crippen LogP contribution < -0.4 is 0 Å². The highest BCUT2D eigenvalue weighted by Gasteiger charge is 2.40. The summed E-state index contributed by atoms with van der Waals surface area (Å²) >= 11 is 0. The van der Waals surface area contributed by atoms with E-state index in [-0.39, 0.29) is 23.6 Å². The summed E-state index contributed by atoms with van der Waals surface area (Å²) in [6.07, 6.45) is 1.19. The molecule has 0 spiro atoms. The van der Waals surface area contributed by atoms with Crippen LogP contribution in [-0.2, 0) is 19.1 Å². The molecule has 5 nitrogen and oxygen atoms in total. The number of methoxy groups -OCH3 is 2. The Kier molecular flexibility index (Phi) is 5.31. The van der Waals surface area contributed by atoms with Gasteiger partial charge in [-0.05, 0) is 19.3 Å². The Labute approximate surface area is 129 Å². The van der Waals surface area contributed by atoms with Crippen LogP contribution in [0.2, 0.25) is 0 Å². The van der Waals surface area contributed by atoms with Crippen molar-refractivity contribution in [2.45, 2.75) is 19.3 Å². The van der Waals surface area contributed by atoms with Gasteiger partial charge in [-0.1, -0.05) is 30.3 Å². The Bertz CT molecular complexity index is 527. The zero-order valence-corrected chi connectivity index (χ0v) is 12.8. The molecule has 1 aliphatic carbocycles. The molecular weight excluding hydrogens is 284 g/mol. The van der Waals surface area contributed by atoms with Crippen LogP contribution in [-0.4, -0.2) is 31.9 Å². The predicted molar refractivity (Wildman–Crippen MR) is 79.1 cm³/mol. The van der Waals surface area contributed by atoms with E-state index in [4.69, 9.17) is 9.47 Å². The number of hydrogen-bond donors (Lipinski definition) is 0. The normalized spacial score (nSPS) is 24.4. The monoisotopic (exact) mass is 304 g/mol. The van der Waals surface area contributed by atoms with E-state index in [0.29, 0.717) is 24.8 Å². The number of carbonyl (C=O) groups is 3. The predicted octanol–water partition coefficient (Wildman–Crippen LogP) is 2.25. The SMILES string of the molecule is COC(=O)[C@@H]1CC(C(=O)c2ccccc2)C[C@H](C(=O)OC)C1. The highest BCUT2D eigenvalue weighted by molar-refractivity contribution is 5.98. The molecule has 0 heterocycles. The van der Waals surface area contributed by atoms with Crippen molar-refractivity contribution in [3.63, 3.8) is 0 Å². The lowest BCUT2D eigenvalue weighted by molar-refractivity contribution is -0.152. The third kappa shape index (κ3) is 3.53. The molecule has 0 aliphatic heterocycles. The van der Waals surface area contributed by atoms with Crippen molar-refractivity contribution >= 4 is 17.7 Å². The van der Waals surface area contributed by atoms with Crippen molar-refractivity contribution in [1.29, 1.82) is 0 Å². The van der Waals surface area contributed by atoms with Gasteiger partial charge in [0.15, 0.2) is 5.78 Å². The lowest BCUT2D eigenvalue weighted by atomic mass is 9.72. The number of Topliss-reactive ketones (excluding diaryl/α,β-unsaturated/α-hetero) is 1. The first-order valence-corrected chi connectivity index (χ1v) is 7.31. The molecule has 0 aromatic heterocycles. The average Bonchev–Trinajstić information content (AvgIpc) is 2.59. The van der Waals surface area contributed by atoms with Gasteiger partial charge in [0.05, 0.1) is 26.1 Å². The molecule has 0 saturated heterocycles. The van der Waals surface area contributed by atoms with Gasteiger partial charge in [-0.2, -0.15) is 0 Å². The first kappa shape index (κ1) is 16.2. The Morgan fingerprint density at radius 2 is 1.27 bits per heavy atom. The molecule has 0 amide bonds. The largest absolute Gasteiger partial charge is 0.469 e. The van der Waals surface area contributed by atoms with Crippen LogP contribution in [0, 0.1) is 17.8 Å². The first-order chi connectivity index (χ1) is 10.6. The molecule has 1 saturated carbocycles. The minimum absolute atomic E-state index is 0.0388. The molecule has 1 unspecified atom stereocenters. The number of rotatable bonds is 4. The van der Waals surface area contributed by atoms with Gasteiger partial charge in [-0.15, -0.1) is 0 Å². The number of ketones is 1. The van der Waals surface area contributed by atoms with E-state index in [1.807, 2.05) is 6.07 Å². The second-order valence-electron chi connectivity index (χ2n) is 5.57. The van der Waals surface area contributed by atoms with Gasteiger partial charge in [-0.25, -0.2) is 0 Å². The van der Waals surface area contributed by atoms with E-state index in [9.17, 15) is 14.4 Å². The summed E-state index contributed by atoms with van der Waals surface area (Å²) in [6.45, 7) is 0. The fraction of sp³-hybridized carbons (Fsp3) is 0.471. The van der Waals surface area contributed by atoms with Gasteiger partial charge < -0.3 is 9.47 Å². The molecule has 22 heavy (non-hydrogen) atoms. The maximum absolute atomic E-state index is 12.6. The van der Waals surface area contributed by atoms with E-state index in [1.165, 1.54) is 14.2 Å². The number of hydrogen-bond acceptors (Lipinski definition) is 5. The van der Waals surface area contributed by atoms with Crippen molar-refractivity contribution < 1.29 is 23.9 Å². The minimum atomic E-state index is -0.444. The molecule has 0 bridgehead atoms. The molecule has 1 aromatic rings. The van der Waals surface area contributed by atoms with Crippen molar-refractivity contribution in [1.82, 2.24) is 0 Å². The summed E-state index contributed by atoms with van der Waals surface area (Å²) in [5.74, 6) is -2.05. The molecular formula is C17H20O5. The van der Waals surface area contributed by atoms with Crippen molar-refractivity contribution in [2.24, 2.45) is 17.8 Å². The highest BCUT2D eigenvalue weighted by Crippen LogP contribution is 2.36. The molecule has 3 atom stereocenters. The van der Waals surface area contributed by atoms with E-state index in [2.05, 4.69) is 0 Å². The number of benzene rings is 1. The molecule has 1 aliphatic rings. The van der Waals surface area contributed by atoms with Crippen LogP contribution in [0.15, 0.2) is 30.3 Å². The molecule has 2 rings (SSSR count).